The van der Waals surface area contributed by atoms with Crippen molar-refractivity contribution in [1.29, 1.82) is 0 Å². The van der Waals surface area contributed by atoms with Crippen LogP contribution in [-0.4, -0.2) is 5.91 Å². The van der Waals surface area contributed by atoms with Crippen LogP contribution in [0.4, 0.5) is 5.69 Å². The Morgan fingerprint density at radius 3 is 2.55 bits per heavy atom. The Labute approximate surface area is 119 Å². The maximum absolute atomic E-state index is 12.3. The van der Waals surface area contributed by atoms with Crippen LogP contribution in [0.2, 0.25) is 0 Å². The molecular formula is C17H20N2O. The molecule has 3 heteroatoms. The molecule has 0 saturated heterocycles. The molecule has 1 amide bonds. The number of rotatable bonds is 4. The number of hydrogen-bond acceptors (Lipinski definition) is 2. The molecule has 0 bridgehead atoms. The minimum absolute atomic E-state index is 0.0377. The molecule has 3 nitrogen and oxygen atoms in total. The Balaban J connectivity index is 2.11. The summed E-state index contributed by atoms with van der Waals surface area (Å²) in [6, 6.07) is 13.5. The van der Waals surface area contributed by atoms with Gasteiger partial charge in [-0.15, -0.1) is 0 Å². The van der Waals surface area contributed by atoms with E-state index in [9.17, 15) is 4.79 Å². The number of nitrogens with one attached hydrogen (secondary N) is 1. The van der Waals surface area contributed by atoms with Crippen LogP contribution in [0.3, 0.4) is 0 Å². The van der Waals surface area contributed by atoms with Gasteiger partial charge in [0.2, 0.25) is 0 Å². The lowest BCUT2D eigenvalue weighted by Gasteiger charge is -2.11. The van der Waals surface area contributed by atoms with Gasteiger partial charge >= 0.3 is 0 Å². The highest BCUT2D eigenvalue weighted by Crippen LogP contribution is 2.15. The van der Waals surface area contributed by atoms with Gasteiger partial charge in [0.25, 0.3) is 5.91 Å². The summed E-state index contributed by atoms with van der Waals surface area (Å²) >= 11 is 0. The van der Waals surface area contributed by atoms with E-state index in [1.165, 1.54) is 0 Å². The average molecular weight is 268 g/mol. The third-order valence-corrected chi connectivity index (χ3v) is 3.57. The van der Waals surface area contributed by atoms with Gasteiger partial charge in [0.05, 0.1) is 0 Å². The fourth-order valence-electron chi connectivity index (χ4n) is 2.22. The second kappa shape index (κ2) is 6.24. The summed E-state index contributed by atoms with van der Waals surface area (Å²) in [6.07, 6.45) is 0.848. The number of benzene rings is 2. The van der Waals surface area contributed by atoms with Crippen molar-refractivity contribution in [3.8, 4) is 0 Å². The maximum atomic E-state index is 12.3. The number of nitrogens with two attached hydrogens (primary N) is 1. The fraction of sp³-hybridized carbons (Fsp3) is 0.235. The minimum Gasteiger partial charge on any atom is -0.399 e. The molecule has 0 spiro atoms. The van der Waals surface area contributed by atoms with Crippen molar-refractivity contribution in [3.63, 3.8) is 0 Å². The highest BCUT2D eigenvalue weighted by Gasteiger charge is 2.10. The van der Waals surface area contributed by atoms with Crippen LogP contribution in [0.25, 0.3) is 0 Å². The topological polar surface area (TPSA) is 55.1 Å². The molecule has 2 rings (SSSR count). The SMILES string of the molecule is CCc1ccccc1C(=O)NCc1cccc(N)c1C. The zero-order valence-corrected chi connectivity index (χ0v) is 11.9. The number of carbonyl (C=O) groups excluding carboxylic acids is 1. The standard InChI is InChI=1S/C17H20N2O/c1-3-13-7-4-5-9-15(13)17(20)19-11-14-8-6-10-16(18)12(14)2/h4-10H,3,11,18H2,1-2H3,(H,19,20). The molecule has 2 aromatic rings. The zero-order valence-electron chi connectivity index (χ0n) is 11.9. The van der Waals surface area contributed by atoms with E-state index in [1.54, 1.807) is 0 Å². The first-order chi connectivity index (χ1) is 9.63. The number of nitrogen functional groups attached to an aromatic ring is 1. The highest BCUT2D eigenvalue weighted by molar-refractivity contribution is 5.95. The van der Waals surface area contributed by atoms with Gasteiger partial charge in [-0.25, -0.2) is 0 Å². The Bertz CT molecular complexity index is 620. The lowest BCUT2D eigenvalue weighted by molar-refractivity contribution is 0.0950. The third-order valence-electron chi connectivity index (χ3n) is 3.57. The quantitative estimate of drug-likeness (QED) is 0.837. The summed E-state index contributed by atoms with van der Waals surface area (Å²) in [4.78, 5) is 12.3. The lowest BCUT2D eigenvalue weighted by atomic mass is 10.0. The van der Waals surface area contributed by atoms with Gasteiger partial charge in [-0.2, -0.15) is 0 Å². The summed E-state index contributed by atoms with van der Waals surface area (Å²) in [5.74, 6) is -0.0377. The molecule has 0 saturated carbocycles. The first-order valence-corrected chi connectivity index (χ1v) is 6.83. The van der Waals surface area contributed by atoms with Crippen molar-refractivity contribution < 1.29 is 4.79 Å². The van der Waals surface area contributed by atoms with Gasteiger partial charge in [0, 0.05) is 17.8 Å². The van der Waals surface area contributed by atoms with Gasteiger partial charge in [0.1, 0.15) is 0 Å². The number of anilines is 1. The van der Waals surface area contributed by atoms with Gasteiger partial charge in [-0.1, -0.05) is 37.3 Å². The van der Waals surface area contributed by atoms with Gasteiger partial charge in [-0.3, -0.25) is 4.79 Å². The molecule has 0 heterocycles. The van der Waals surface area contributed by atoms with Crippen LogP contribution in [0.5, 0.6) is 0 Å². The molecule has 0 fully saturated rings. The smallest absolute Gasteiger partial charge is 0.251 e. The summed E-state index contributed by atoms with van der Waals surface area (Å²) in [5.41, 5.74) is 10.5. The summed E-state index contributed by atoms with van der Waals surface area (Å²) in [5, 5.41) is 2.96. The summed E-state index contributed by atoms with van der Waals surface area (Å²) in [7, 11) is 0. The van der Waals surface area contributed by atoms with Gasteiger partial charge in [-0.05, 0) is 42.2 Å². The minimum atomic E-state index is -0.0377. The predicted molar refractivity (Wildman–Crippen MR) is 82.6 cm³/mol. The monoisotopic (exact) mass is 268 g/mol. The van der Waals surface area contributed by atoms with Crippen LogP contribution >= 0.6 is 0 Å². The van der Waals surface area contributed by atoms with E-state index in [1.807, 2.05) is 56.3 Å². The number of amides is 1. The van der Waals surface area contributed by atoms with Crippen LogP contribution < -0.4 is 11.1 Å². The van der Waals surface area contributed by atoms with E-state index in [-0.39, 0.29) is 5.91 Å². The molecule has 2 aromatic carbocycles. The number of carbonyl (C=O) groups is 1. The maximum Gasteiger partial charge on any atom is 0.251 e. The van der Waals surface area contributed by atoms with E-state index in [0.29, 0.717) is 6.54 Å². The molecule has 0 unspecified atom stereocenters. The summed E-state index contributed by atoms with van der Waals surface area (Å²) < 4.78 is 0. The Hall–Kier alpha value is -2.29. The van der Waals surface area contributed by atoms with Gasteiger partial charge < -0.3 is 11.1 Å². The molecule has 0 atom stereocenters. The van der Waals surface area contributed by atoms with E-state index < -0.39 is 0 Å². The molecule has 0 aliphatic rings. The van der Waals surface area contributed by atoms with Crippen LogP contribution in [-0.2, 0) is 13.0 Å². The Morgan fingerprint density at radius 2 is 1.80 bits per heavy atom. The van der Waals surface area contributed by atoms with E-state index >= 15 is 0 Å². The molecule has 0 radical (unpaired) electrons. The second-order valence-electron chi connectivity index (χ2n) is 4.82. The third kappa shape index (κ3) is 2.99. The molecular weight excluding hydrogens is 248 g/mol. The number of hydrogen-bond donors (Lipinski definition) is 2. The Kier molecular flexibility index (Phi) is 4.41. The summed E-state index contributed by atoms with van der Waals surface area (Å²) in [6.45, 7) is 4.51. The van der Waals surface area contributed by atoms with Crippen molar-refractivity contribution in [2.75, 3.05) is 5.73 Å². The van der Waals surface area contributed by atoms with E-state index in [0.717, 1.165) is 34.4 Å². The molecule has 0 aliphatic carbocycles. The van der Waals surface area contributed by atoms with Crippen molar-refractivity contribution in [2.45, 2.75) is 26.8 Å². The van der Waals surface area contributed by atoms with Crippen LogP contribution in [0, 0.1) is 6.92 Å². The van der Waals surface area contributed by atoms with Crippen LogP contribution in [0.15, 0.2) is 42.5 Å². The lowest BCUT2D eigenvalue weighted by Crippen LogP contribution is -2.24. The van der Waals surface area contributed by atoms with Crippen molar-refractivity contribution >= 4 is 11.6 Å². The second-order valence-corrected chi connectivity index (χ2v) is 4.82. The molecule has 20 heavy (non-hydrogen) atoms. The highest BCUT2D eigenvalue weighted by atomic mass is 16.1. The predicted octanol–water partition coefficient (Wildman–Crippen LogP) is 3.07. The van der Waals surface area contributed by atoms with Gasteiger partial charge in [0.15, 0.2) is 0 Å². The molecule has 0 aromatic heterocycles. The number of aryl methyl sites for hydroxylation is 1. The molecule has 3 N–H and O–H groups in total. The molecule has 104 valence electrons. The molecule has 0 aliphatic heterocycles. The van der Waals surface area contributed by atoms with Crippen molar-refractivity contribution in [1.82, 2.24) is 5.32 Å². The fourth-order valence-corrected chi connectivity index (χ4v) is 2.22. The average Bonchev–Trinajstić information content (AvgIpc) is 2.48. The van der Waals surface area contributed by atoms with E-state index in [4.69, 9.17) is 5.73 Å². The zero-order chi connectivity index (χ0) is 14.5. The normalized spacial score (nSPS) is 10.3. The van der Waals surface area contributed by atoms with Crippen molar-refractivity contribution in [3.05, 3.63) is 64.7 Å². The Morgan fingerprint density at radius 1 is 1.10 bits per heavy atom. The van der Waals surface area contributed by atoms with Crippen LogP contribution in [0.1, 0.15) is 34.0 Å². The van der Waals surface area contributed by atoms with E-state index in [2.05, 4.69) is 5.32 Å². The van der Waals surface area contributed by atoms with Crippen molar-refractivity contribution in [2.24, 2.45) is 0 Å². The first-order valence-electron chi connectivity index (χ1n) is 6.83. The first kappa shape index (κ1) is 14.1. The largest absolute Gasteiger partial charge is 0.399 e.